The normalized spacial score (nSPS) is 34.6. The Morgan fingerprint density at radius 2 is 1.86 bits per heavy atom. The van der Waals surface area contributed by atoms with E-state index >= 15 is 0 Å². The number of hydrogen-bond donors (Lipinski definition) is 2. The number of nitrogens with two attached hydrogens (primary N) is 1. The van der Waals surface area contributed by atoms with E-state index in [1.807, 2.05) is 0 Å². The largest absolute Gasteiger partial charge is 0.376 e. The number of nitrogens with one attached hydrogen (secondary N) is 1. The van der Waals surface area contributed by atoms with E-state index in [0.29, 0.717) is 31.1 Å². The molecule has 0 radical (unpaired) electrons. The molecule has 1 amide bonds. The molecule has 2 fully saturated rings. The zero-order chi connectivity index (χ0) is 15.2. The van der Waals surface area contributed by atoms with Gasteiger partial charge in [0.15, 0.2) is 0 Å². The Hall–Kier alpha value is -0.610. The summed E-state index contributed by atoms with van der Waals surface area (Å²) in [6.45, 7) is 5.63. The molecular formula is C17H32N2O2. The van der Waals surface area contributed by atoms with Crippen LogP contribution in [0.5, 0.6) is 0 Å². The predicted molar refractivity (Wildman–Crippen MR) is 84.9 cm³/mol. The molecule has 0 heterocycles. The van der Waals surface area contributed by atoms with Gasteiger partial charge in [-0.1, -0.05) is 33.1 Å². The van der Waals surface area contributed by atoms with Crippen LogP contribution in [0.4, 0.5) is 0 Å². The minimum atomic E-state index is 0.0749. The van der Waals surface area contributed by atoms with Crippen LogP contribution in [0, 0.1) is 17.8 Å². The molecule has 2 rings (SSSR count). The van der Waals surface area contributed by atoms with Crippen LogP contribution >= 0.6 is 0 Å². The van der Waals surface area contributed by atoms with Crippen molar-refractivity contribution in [1.29, 1.82) is 0 Å². The maximum Gasteiger partial charge on any atom is 0.223 e. The lowest BCUT2D eigenvalue weighted by atomic mass is 9.72. The number of ether oxygens (including phenoxy) is 1. The lowest BCUT2D eigenvalue weighted by Crippen LogP contribution is -2.45. The summed E-state index contributed by atoms with van der Waals surface area (Å²) in [4.78, 5) is 12.3. The quantitative estimate of drug-likeness (QED) is 0.766. The summed E-state index contributed by atoms with van der Waals surface area (Å²) in [6, 6.07) is 0.162. The summed E-state index contributed by atoms with van der Waals surface area (Å²) in [6.07, 6.45) is 8.56. The maximum atomic E-state index is 12.3. The van der Waals surface area contributed by atoms with E-state index in [9.17, 15) is 4.79 Å². The summed E-state index contributed by atoms with van der Waals surface area (Å²) in [5.41, 5.74) is 6.12. The molecule has 4 nitrogen and oxygen atoms in total. The lowest BCUT2D eigenvalue weighted by Gasteiger charge is -2.36. The topological polar surface area (TPSA) is 64.3 Å². The first-order valence-corrected chi connectivity index (χ1v) is 8.72. The van der Waals surface area contributed by atoms with Crippen molar-refractivity contribution < 1.29 is 9.53 Å². The van der Waals surface area contributed by atoms with Crippen molar-refractivity contribution >= 4 is 5.91 Å². The third kappa shape index (κ3) is 4.96. The Morgan fingerprint density at radius 1 is 1.14 bits per heavy atom. The van der Waals surface area contributed by atoms with Crippen LogP contribution in [0.3, 0.4) is 0 Å². The van der Waals surface area contributed by atoms with Crippen molar-refractivity contribution in [3.63, 3.8) is 0 Å². The monoisotopic (exact) mass is 296 g/mol. The van der Waals surface area contributed by atoms with Gasteiger partial charge < -0.3 is 15.8 Å². The molecule has 0 spiro atoms. The number of amides is 1. The fourth-order valence-electron chi connectivity index (χ4n) is 3.81. The average molecular weight is 296 g/mol. The molecule has 2 saturated carbocycles. The van der Waals surface area contributed by atoms with Crippen LogP contribution in [-0.4, -0.2) is 31.2 Å². The van der Waals surface area contributed by atoms with Crippen molar-refractivity contribution in [1.82, 2.24) is 5.32 Å². The van der Waals surface area contributed by atoms with Gasteiger partial charge in [-0.25, -0.2) is 0 Å². The molecule has 2 aliphatic carbocycles. The van der Waals surface area contributed by atoms with Gasteiger partial charge >= 0.3 is 0 Å². The Morgan fingerprint density at radius 3 is 2.57 bits per heavy atom. The third-order valence-electron chi connectivity index (χ3n) is 5.33. The SMILES string of the molecule is CC1CC(C)C(C(=O)NCCOC2CCCCC2)CC1N. The van der Waals surface area contributed by atoms with Gasteiger partial charge in [-0.05, 0) is 37.5 Å². The molecule has 0 aliphatic heterocycles. The molecular weight excluding hydrogens is 264 g/mol. The van der Waals surface area contributed by atoms with Gasteiger partial charge in [0.05, 0.1) is 12.7 Å². The number of carbonyl (C=O) groups is 1. The first-order valence-electron chi connectivity index (χ1n) is 8.72. The average Bonchev–Trinajstić information content (AvgIpc) is 2.48. The Kier molecular flexibility index (Phi) is 6.49. The highest BCUT2D eigenvalue weighted by Crippen LogP contribution is 2.32. The van der Waals surface area contributed by atoms with Gasteiger partial charge in [0, 0.05) is 18.5 Å². The van der Waals surface area contributed by atoms with E-state index in [2.05, 4.69) is 19.2 Å². The molecule has 0 saturated heterocycles. The highest BCUT2D eigenvalue weighted by atomic mass is 16.5. The van der Waals surface area contributed by atoms with Crippen LogP contribution in [-0.2, 0) is 9.53 Å². The molecule has 4 atom stereocenters. The van der Waals surface area contributed by atoms with Gasteiger partial charge in [0.25, 0.3) is 0 Å². The van der Waals surface area contributed by atoms with Crippen LogP contribution in [0.15, 0.2) is 0 Å². The van der Waals surface area contributed by atoms with Gasteiger partial charge in [-0.3, -0.25) is 4.79 Å². The van der Waals surface area contributed by atoms with Crippen LogP contribution in [0.2, 0.25) is 0 Å². The van der Waals surface area contributed by atoms with Gasteiger partial charge in [0.2, 0.25) is 5.91 Å². The van der Waals surface area contributed by atoms with E-state index in [4.69, 9.17) is 10.5 Å². The zero-order valence-corrected chi connectivity index (χ0v) is 13.6. The van der Waals surface area contributed by atoms with E-state index in [1.54, 1.807) is 0 Å². The molecule has 21 heavy (non-hydrogen) atoms. The second kappa shape index (κ2) is 8.14. The van der Waals surface area contributed by atoms with Crippen molar-refractivity contribution in [3.8, 4) is 0 Å². The van der Waals surface area contributed by atoms with Gasteiger partial charge in [-0.15, -0.1) is 0 Å². The molecule has 4 unspecified atom stereocenters. The molecule has 2 aliphatic rings. The van der Waals surface area contributed by atoms with Crippen molar-refractivity contribution in [2.24, 2.45) is 23.5 Å². The Labute approximate surface area is 129 Å². The van der Waals surface area contributed by atoms with Gasteiger partial charge in [0.1, 0.15) is 0 Å². The number of hydrogen-bond acceptors (Lipinski definition) is 3. The summed E-state index contributed by atoms with van der Waals surface area (Å²) < 4.78 is 5.85. The first-order chi connectivity index (χ1) is 10.1. The van der Waals surface area contributed by atoms with E-state index < -0.39 is 0 Å². The zero-order valence-electron chi connectivity index (χ0n) is 13.6. The van der Waals surface area contributed by atoms with E-state index in [1.165, 1.54) is 32.1 Å². The van der Waals surface area contributed by atoms with Crippen LogP contribution in [0.1, 0.15) is 58.8 Å². The molecule has 4 heteroatoms. The third-order valence-corrected chi connectivity index (χ3v) is 5.33. The fraction of sp³-hybridized carbons (Fsp3) is 0.941. The van der Waals surface area contributed by atoms with E-state index in [0.717, 1.165) is 12.8 Å². The van der Waals surface area contributed by atoms with Crippen molar-refractivity contribution in [2.45, 2.75) is 70.9 Å². The molecule has 0 aromatic carbocycles. The molecule has 3 N–H and O–H groups in total. The smallest absolute Gasteiger partial charge is 0.223 e. The summed E-state index contributed by atoms with van der Waals surface area (Å²) in [5.74, 6) is 1.20. The lowest BCUT2D eigenvalue weighted by molar-refractivity contribution is -0.128. The van der Waals surface area contributed by atoms with Gasteiger partial charge in [-0.2, -0.15) is 0 Å². The highest BCUT2D eigenvalue weighted by molar-refractivity contribution is 5.79. The minimum absolute atomic E-state index is 0.0749. The molecule has 0 aromatic rings. The number of rotatable bonds is 5. The fourth-order valence-corrected chi connectivity index (χ4v) is 3.81. The van der Waals surface area contributed by atoms with E-state index in [-0.39, 0.29) is 17.9 Å². The second-order valence-corrected chi connectivity index (χ2v) is 7.12. The maximum absolute atomic E-state index is 12.3. The highest BCUT2D eigenvalue weighted by Gasteiger charge is 2.34. The summed E-state index contributed by atoms with van der Waals surface area (Å²) in [7, 11) is 0. The second-order valence-electron chi connectivity index (χ2n) is 7.12. The Balaban J connectivity index is 1.64. The van der Waals surface area contributed by atoms with Crippen LogP contribution in [0.25, 0.3) is 0 Å². The van der Waals surface area contributed by atoms with Crippen molar-refractivity contribution in [2.75, 3.05) is 13.2 Å². The molecule has 0 aromatic heterocycles. The summed E-state index contributed by atoms with van der Waals surface area (Å²) >= 11 is 0. The minimum Gasteiger partial charge on any atom is -0.376 e. The predicted octanol–water partition coefficient (Wildman–Crippen LogP) is 2.46. The Bertz CT molecular complexity index is 329. The van der Waals surface area contributed by atoms with Crippen molar-refractivity contribution in [3.05, 3.63) is 0 Å². The molecule has 122 valence electrons. The van der Waals surface area contributed by atoms with Crippen LogP contribution < -0.4 is 11.1 Å². The molecule has 0 bridgehead atoms. The standard InChI is InChI=1S/C17H32N2O2/c1-12-10-13(2)16(18)11-15(12)17(20)19-8-9-21-14-6-4-3-5-7-14/h12-16H,3-11,18H2,1-2H3,(H,19,20). The first kappa shape index (κ1) is 16.8. The number of carbonyl (C=O) groups excluding carboxylic acids is 1. The summed E-state index contributed by atoms with van der Waals surface area (Å²) in [5, 5.41) is 3.04.